The molecule has 6 rings (SSSR count). The molecule has 0 bridgehead atoms. The van der Waals surface area contributed by atoms with Crippen LogP contribution in [0.1, 0.15) is 32.2 Å². The van der Waals surface area contributed by atoms with E-state index in [1.54, 1.807) is 12.4 Å². The maximum atomic E-state index is 6.68. The minimum absolute atomic E-state index is 0.224. The summed E-state index contributed by atoms with van der Waals surface area (Å²) in [4.78, 5) is 14.1. The fraction of sp³-hybridized carbons (Fsp3) is 0.522. The zero-order valence-electron chi connectivity index (χ0n) is 18.6. The van der Waals surface area contributed by atoms with Gasteiger partial charge < -0.3 is 15.0 Å². The minimum Gasteiger partial charge on any atom is -0.377 e. The number of halogens is 2. The van der Waals surface area contributed by atoms with Gasteiger partial charge in [-0.15, -0.1) is 0 Å². The van der Waals surface area contributed by atoms with Crippen molar-refractivity contribution in [1.29, 1.82) is 0 Å². The average Bonchev–Trinajstić information content (AvgIpc) is 3.58. The first kappa shape index (κ1) is 21.4. The Morgan fingerprint density at radius 2 is 1.91 bits per heavy atom. The number of piperazine rings is 1. The molecule has 1 aliphatic carbocycles. The minimum atomic E-state index is 0.224. The molecule has 8 nitrogen and oxygen atoms in total. The second kappa shape index (κ2) is 8.27. The molecular weight excluding hydrogens is 461 g/mol. The Labute approximate surface area is 202 Å². The van der Waals surface area contributed by atoms with Crippen LogP contribution in [0.3, 0.4) is 0 Å². The smallest absolute Gasteiger partial charge is 0.227 e. The summed E-state index contributed by atoms with van der Waals surface area (Å²) in [7, 11) is 0. The van der Waals surface area contributed by atoms with E-state index in [-0.39, 0.29) is 5.54 Å². The van der Waals surface area contributed by atoms with Gasteiger partial charge in [0, 0.05) is 37.8 Å². The molecule has 3 aromatic rings. The highest BCUT2D eigenvalue weighted by molar-refractivity contribution is 6.34. The summed E-state index contributed by atoms with van der Waals surface area (Å²) < 4.78 is 7.39. The van der Waals surface area contributed by atoms with Crippen molar-refractivity contribution in [2.24, 2.45) is 0 Å². The van der Waals surface area contributed by atoms with Crippen LogP contribution in [-0.2, 0) is 4.74 Å². The van der Waals surface area contributed by atoms with Crippen LogP contribution in [0.15, 0.2) is 24.5 Å². The Morgan fingerprint density at radius 3 is 2.58 bits per heavy atom. The summed E-state index contributed by atoms with van der Waals surface area (Å²) in [5.41, 5.74) is 2.81. The van der Waals surface area contributed by atoms with E-state index in [1.165, 1.54) is 0 Å². The molecule has 1 aromatic carbocycles. The lowest BCUT2D eigenvalue weighted by Crippen LogP contribution is -2.66. The summed E-state index contributed by atoms with van der Waals surface area (Å²) in [5, 5.41) is 9.84. The van der Waals surface area contributed by atoms with Crippen LogP contribution in [-0.4, -0.2) is 69.6 Å². The molecule has 0 radical (unpaired) electrons. The van der Waals surface area contributed by atoms with E-state index in [1.807, 2.05) is 10.7 Å². The van der Waals surface area contributed by atoms with Gasteiger partial charge in [0.2, 0.25) is 5.95 Å². The molecule has 2 aromatic heterocycles. The second-order valence-electron chi connectivity index (χ2n) is 9.25. The Bertz CT molecular complexity index is 1180. The molecule has 0 spiro atoms. The van der Waals surface area contributed by atoms with Crippen LogP contribution in [0.5, 0.6) is 0 Å². The molecule has 3 aliphatic rings. The first-order valence-electron chi connectivity index (χ1n) is 11.6. The molecule has 1 N–H and O–H groups in total. The second-order valence-corrected chi connectivity index (χ2v) is 10.0. The number of ether oxygens (including phenoxy) is 1. The van der Waals surface area contributed by atoms with Crippen LogP contribution < -0.4 is 10.2 Å². The van der Waals surface area contributed by atoms with Crippen LogP contribution in [0.25, 0.3) is 10.9 Å². The topological polar surface area (TPSA) is 71.3 Å². The van der Waals surface area contributed by atoms with Crippen molar-refractivity contribution in [3.05, 3.63) is 34.7 Å². The highest BCUT2D eigenvalue weighted by atomic mass is 35.5. The standard InChI is InChI=1S/C23H27Cl2N7O/c1-2-23(13-33-14-23)31-7-5-30(6-8-31)20-10-18-15(9-17(20)24)11-26-22(28-18)29-19-12-27-32(21(19)25)16-3-4-16/h9-12,16H,2-8,13-14H2,1H3,(H,26,28,29). The number of anilines is 3. The lowest BCUT2D eigenvalue weighted by molar-refractivity contribution is -0.143. The van der Waals surface area contributed by atoms with Gasteiger partial charge in [-0.05, 0) is 31.4 Å². The number of hydrogen-bond acceptors (Lipinski definition) is 7. The molecule has 1 saturated carbocycles. The van der Waals surface area contributed by atoms with Gasteiger partial charge >= 0.3 is 0 Å². The molecule has 0 atom stereocenters. The number of nitrogens with zero attached hydrogens (tertiary/aromatic N) is 6. The van der Waals surface area contributed by atoms with Crippen molar-refractivity contribution >= 4 is 51.4 Å². The Morgan fingerprint density at radius 1 is 1.12 bits per heavy atom. The van der Waals surface area contributed by atoms with Gasteiger partial charge in [0.15, 0.2) is 5.15 Å². The van der Waals surface area contributed by atoms with E-state index >= 15 is 0 Å². The van der Waals surface area contributed by atoms with Gasteiger partial charge in [-0.25, -0.2) is 14.6 Å². The fourth-order valence-electron chi connectivity index (χ4n) is 4.84. The number of hydrogen-bond donors (Lipinski definition) is 1. The van der Waals surface area contributed by atoms with Gasteiger partial charge in [0.05, 0.1) is 52.9 Å². The number of aromatic nitrogens is 4. The van der Waals surface area contributed by atoms with Crippen LogP contribution in [0.4, 0.5) is 17.3 Å². The summed E-state index contributed by atoms with van der Waals surface area (Å²) >= 11 is 13.2. The third-order valence-electron chi connectivity index (χ3n) is 7.21. The van der Waals surface area contributed by atoms with Crippen molar-refractivity contribution in [3.63, 3.8) is 0 Å². The molecule has 0 amide bonds. The summed E-state index contributed by atoms with van der Waals surface area (Å²) in [6, 6.07) is 4.44. The SMILES string of the molecule is CCC1(N2CCN(c3cc4nc(Nc5cnn(C6CC6)c5Cl)ncc4cc3Cl)CC2)COC1. The van der Waals surface area contributed by atoms with E-state index in [9.17, 15) is 0 Å². The number of nitrogens with one attached hydrogen (secondary N) is 1. The molecule has 4 heterocycles. The van der Waals surface area contributed by atoms with Crippen molar-refractivity contribution in [2.75, 3.05) is 49.6 Å². The largest absolute Gasteiger partial charge is 0.377 e. The van der Waals surface area contributed by atoms with Crippen molar-refractivity contribution in [1.82, 2.24) is 24.6 Å². The number of rotatable bonds is 6. The van der Waals surface area contributed by atoms with Gasteiger partial charge in [0.1, 0.15) is 0 Å². The van der Waals surface area contributed by atoms with Crippen LogP contribution in [0.2, 0.25) is 10.2 Å². The first-order valence-corrected chi connectivity index (χ1v) is 12.4. The summed E-state index contributed by atoms with van der Waals surface area (Å²) in [6.45, 7) is 7.81. The van der Waals surface area contributed by atoms with E-state index in [4.69, 9.17) is 32.9 Å². The summed E-state index contributed by atoms with van der Waals surface area (Å²) in [6.07, 6.45) is 6.90. The highest BCUT2D eigenvalue weighted by Crippen LogP contribution is 2.39. The van der Waals surface area contributed by atoms with Crippen LogP contribution in [0, 0.1) is 0 Å². The first-order chi connectivity index (χ1) is 16.1. The number of fused-ring (bicyclic) bond motifs is 1. The highest BCUT2D eigenvalue weighted by Gasteiger charge is 2.43. The van der Waals surface area contributed by atoms with E-state index in [0.717, 1.165) is 86.0 Å². The average molecular weight is 488 g/mol. The third-order valence-corrected chi connectivity index (χ3v) is 7.89. The maximum absolute atomic E-state index is 6.68. The molecule has 2 aliphatic heterocycles. The van der Waals surface area contributed by atoms with E-state index in [0.29, 0.717) is 17.1 Å². The monoisotopic (exact) mass is 487 g/mol. The Hall–Kier alpha value is -2.13. The molecule has 33 heavy (non-hydrogen) atoms. The molecule has 3 fully saturated rings. The van der Waals surface area contributed by atoms with Gasteiger partial charge in [-0.2, -0.15) is 5.10 Å². The Balaban J connectivity index is 1.21. The third kappa shape index (κ3) is 3.83. The van der Waals surface area contributed by atoms with Gasteiger partial charge in [-0.3, -0.25) is 4.90 Å². The van der Waals surface area contributed by atoms with Crippen LogP contribution >= 0.6 is 23.2 Å². The van der Waals surface area contributed by atoms with Gasteiger partial charge in [-0.1, -0.05) is 30.1 Å². The molecule has 2 saturated heterocycles. The fourth-order valence-corrected chi connectivity index (χ4v) is 5.41. The molecule has 0 unspecified atom stereocenters. The van der Waals surface area contributed by atoms with E-state index < -0.39 is 0 Å². The molecular formula is C23H27Cl2N7O. The predicted octanol–water partition coefficient (Wildman–Crippen LogP) is 4.51. The normalized spacial score (nSPS) is 20.8. The lowest BCUT2D eigenvalue weighted by atomic mass is 9.91. The Kier molecular flexibility index (Phi) is 5.36. The number of benzene rings is 1. The van der Waals surface area contributed by atoms with Crippen molar-refractivity contribution in [3.8, 4) is 0 Å². The molecule has 10 heteroatoms. The zero-order chi connectivity index (χ0) is 22.6. The summed E-state index contributed by atoms with van der Waals surface area (Å²) in [5.74, 6) is 0.493. The molecule has 174 valence electrons. The van der Waals surface area contributed by atoms with Crippen molar-refractivity contribution in [2.45, 2.75) is 37.8 Å². The zero-order valence-corrected chi connectivity index (χ0v) is 20.1. The van der Waals surface area contributed by atoms with Crippen molar-refractivity contribution < 1.29 is 4.74 Å². The van der Waals surface area contributed by atoms with E-state index in [2.05, 4.69) is 38.2 Å². The predicted molar refractivity (Wildman–Crippen MR) is 131 cm³/mol. The quantitative estimate of drug-likeness (QED) is 0.548. The maximum Gasteiger partial charge on any atom is 0.227 e. The lowest BCUT2D eigenvalue weighted by Gasteiger charge is -2.52. The van der Waals surface area contributed by atoms with Gasteiger partial charge in [0.25, 0.3) is 0 Å².